The first kappa shape index (κ1) is 14.2. The highest BCUT2D eigenvalue weighted by atomic mass is 16.3. The lowest BCUT2D eigenvalue weighted by Gasteiger charge is -2.28. The molecule has 2 heteroatoms. The van der Waals surface area contributed by atoms with E-state index in [-0.39, 0.29) is 0 Å². The van der Waals surface area contributed by atoms with Gasteiger partial charge in [0.2, 0.25) is 0 Å². The number of phenols is 1. The number of benzene rings is 2. The fourth-order valence-electron chi connectivity index (χ4n) is 3.54. The van der Waals surface area contributed by atoms with E-state index in [1.54, 1.807) is 6.07 Å². The number of nitrogens with one attached hydrogen (secondary N) is 1. The summed E-state index contributed by atoms with van der Waals surface area (Å²) in [5.41, 5.74) is 8.08. The monoisotopic (exact) mass is 281 g/mol. The zero-order valence-corrected chi connectivity index (χ0v) is 13.0. The second-order valence-electron chi connectivity index (χ2n) is 6.22. The minimum absolute atomic E-state index is 0.293. The van der Waals surface area contributed by atoms with Crippen molar-refractivity contribution in [3.63, 3.8) is 0 Å². The van der Waals surface area contributed by atoms with Crippen molar-refractivity contribution in [1.29, 1.82) is 0 Å². The van der Waals surface area contributed by atoms with Crippen LogP contribution in [0.25, 0.3) is 0 Å². The third-order valence-corrected chi connectivity index (χ3v) is 4.54. The zero-order chi connectivity index (χ0) is 15.0. The summed E-state index contributed by atoms with van der Waals surface area (Å²) in [5, 5.41) is 13.4. The first-order valence-corrected chi connectivity index (χ1v) is 7.66. The van der Waals surface area contributed by atoms with Crippen LogP contribution < -0.4 is 5.32 Å². The van der Waals surface area contributed by atoms with E-state index in [1.165, 1.54) is 33.4 Å². The van der Waals surface area contributed by atoms with E-state index in [4.69, 9.17) is 0 Å². The Balaban J connectivity index is 1.96. The van der Waals surface area contributed by atoms with Crippen molar-refractivity contribution in [3.05, 3.63) is 63.7 Å². The quantitative estimate of drug-likeness (QED) is 0.878. The van der Waals surface area contributed by atoms with Gasteiger partial charge in [0.1, 0.15) is 5.75 Å². The van der Waals surface area contributed by atoms with Gasteiger partial charge in [0.15, 0.2) is 0 Å². The van der Waals surface area contributed by atoms with E-state index in [0.29, 0.717) is 11.8 Å². The largest absolute Gasteiger partial charge is 0.508 e. The summed E-state index contributed by atoms with van der Waals surface area (Å²) in [4.78, 5) is 0. The average molecular weight is 281 g/mol. The third-order valence-electron chi connectivity index (χ3n) is 4.54. The lowest BCUT2D eigenvalue weighted by Crippen LogP contribution is -2.31. The second kappa shape index (κ2) is 5.53. The van der Waals surface area contributed by atoms with E-state index in [0.717, 1.165) is 19.4 Å². The first-order chi connectivity index (χ1) is 10.0. The molecule has 1 aliphatic heterocycles. The molecular weight excluding hydrogens is 258 g/mol. The van der Waals surface area contributed by atoms with Gasteiger partial charge in [0.05, 0.1) is 0 Å². The molecule has 0 aliphatic carbocycles. The van der Waals surface area contributed by atoms with E-state index >= 15 is 0 Å². The van der Waals surface area contributed by atoms with Gasteiger partial charge in [0.25, 0.3) is 0 Å². The molecule has 1 heterocycles. The summed E-state index contributed by atoms with van der Waals surface area (Å²) < 4.78 is 0. The normalized spacial score (nSPS) is 17.6. The van der Waals surface area contributed by atoms with E-state index in [9.17, 15) is 5.11 Å². The number of hydrogen-bond donors (Lipinski definition) is 2. The van der Waals surface area contributed by atoms with Gasteiger partial charge < -0.3 is 10.4 Å². The molecule has 0 radical (unpaired) electrons. The molecule has 0 aromatic heterocycles. The maximum absolute atomic E-state index is 9.79. The van der Waals surface area contributed by atoms with Gasteiger partial charge in [-0.1, -0.05) is 23.8 Å². The molecule has 0 bridgehead atoms. The van der Waals surface area contributed by atoms with Crippen LogP contribution in [0.4, 0.5) is 0 Å². The lowest BCUT2D eigenvalue weighted by atomic mass is 9.87. The molecular formula is C19H23NO. The number of phenolic OH excluding ortho intramolecular Hbond substituents is 1. The molecule has 0 amide bonds. The van der Waals surface area contributed by atoms with Crippen molar-refractivity contribution in [2.24, 2.45) is 0 Å². The number of fused-ring (bicyclic) bond motifs is 1. The van der Waals surface area contributed by atoms with Crippen molar-refractivity contribution in [1.82, 2.24) is 5.32 Å². The zero-order valence-electron chi connectivity index (χ0n) is 13.0. The predicted molar refractivity (Wildman–Crippen MR) is 86.9 cm³/mol. The fourth-order valence-corrected chi connectivity index (χ4v) is 3.54. The van der Waals surface area contributed by atoms with Gasteiger partial charge in [-0.15, -0.1) is 0 Å². The molecule has 21 heavy (non-hydrogen) atoms. The van der Waals surface area contributed by atoms with Crippen LogP contribution in [0.5, 0.6) is 5.75 Å². The average Bonchev–Trinajstić information content (AvgIpc) is 2.43. The van der Waals surface area contributed by atoms with Crippen molar-refractivity contribution >= 4 is 0 Å². The second-order valence-corrected chi connectivity index (χ2v) is 6.22. The summed E-state index contributed by atoms with van der Waals surface area (Å²) in [5.74, 6) is 0.361. The molecule has 3 rings (SSSR count). The van der Waals surface area contributed by atoms with E-state index in [2.05, 4.69) is 44.3 Å². The van der Waals surface area contributed by atoms with Gasteiger partial charge in [-0.3, -0.25) is 0 Å². The standard InChI is InChI=1S/C19H23NO/c1-12-8-13(2)17(14(3)9-12)11-19-18-10-16(21)5-4-15(18)6-7-20-19/h4-5,8-10,19-21H,6-7,11H2,1-3H3. The predicted octanol–water partition coefficient (Wildman–Crippen LogP) is 3.75. The molecule has 2 N–H and O–H groups in total. The Kier molecular flexibility index (Phi) is 3.73. The molecule has 2 aromatic carbocycles. The van der Waals surface area contributed by atoms with Gasteiger partial charge in [-0.25, -0.2) is 0 Å². The van der Waals surface area contributed by atoms with Crippen molar-refractivity contribution < 1.29 is 5.11 Å². The molecule has 110 valence electrons. The first-order valence-electron chi connectivity index (χ1n) is 7.66. The summed E-state index contributed by atoms with van der Waals surface area (Å²) >= 11 is 0. The fraction of sp³-hybridized carbons (Fsp3) is 0.368. The number of hydrogen-bond acceptors (Lipinski definition) is 2. The Morgan fingerprint density at radius 1 is 1.10 bits per heavy atom. The van der Waals surface area contributed by atoms with Crippen LogP contribution >= 0.6 is 0 Å². The highest BCUT2D eigenvalue weighted by Gasteiger charge is 2.21. The van der Waals surface area contributed by atoms with Crippen molar-refractivity contribution in [3.8, 4) is 5.75 Å². The van der Waals surface area contributed by atoms with Crippen LogP contribution in [0.2, 0.25) is 0 Å². The number of aromatic hydroxyl groups is 1. The van der Waals surface area contributed by atoms with Crippen LogP contribution in [-0.2, 0) is 12.8 Å². The summed E-state index contributed by atoms with van der Waals surface area (Å²) in [7, 11) is 0. The third kappa shape index (κ3) is 2.81. The van der Waals surface area contributed by atoms with Gasteiger partial charge in [-0.05, 0) is 80.1 Å². The minimum atomic E-state index is 0.293. The summed E-state index contributed by atoms with van der Waals surface area (Å²) in [6.45, 7) is 7.55. The van der Waals surface area contributed by atoms with Crippen LogP contribution in [-0.4, -0.2) is 11.7 Å². The van der Waals surface area contributed by atoms with E-state index in [1.807, 2.05) is 6.07 Å². The molecule has 1 aliphatic rings. The van der Waals surface area contributed by atoms with Gasteiger partial charge in [0, 0.05) is 6.04 Å². The molecule has 0 saturated heterocycles. The van der Waals surface area contributed by atoms with Crippen LogP contribution in [0.15, 0.2) is 30.3 Å². The topological polar surface area (TPSA) is 32.3 Å². The number of aryl methyl sites for hydroxylation is 3. The summed E-state index contributed by atoms with van der Waals surface area (Å²) in [6.07, 6.45) is 2.02. The van der Waals surface area contributed by atoms with Crippen molar-refractivity contribution in [2.75, 3.05) is 6.54 Å². The molecule has 1 atom stereocenters. The van der Waals surface area contributed by atoms with Crippen LogP contribution in [0.1, 0.15) is 39.4 Å². The lowest BCUT2D eigenvalue weighted by molar-refractivity contribution is 0.463. The highest BCUT2D eigenvalue weighted by Crippen LogP contribution is 2.30. The maximum Gasteiger partial charge on any atom is 0.115 e. The van der Waals surface area contributed by atoms with Gasteiger partial charge in [-0.2, -0.15) is 0 Å². The Hall–Kier alpha value is -1.80. The molecule has 0 saturated carbocycles. The highest BCUT2D eigenvalue weighted by molar-refractivity contribution is 5.42. The van der Waals surface area contributed by atoms with Crippen LogP contribution in [0.3, 0.4) is 0 Å². The van der Waals surface area contributed by atoms with Crippen LogP contribution in [0, 0.1) is 20.8 Å². The van der Waals surface area contributed by atoms with Crippen molar-refractivity contribution in [2.45, 2.75) is 39.7 Å². The molecule has 1 unspecified atom stereocenters. The Morgan fingerprint density at radius 2 is 1.81 bits per heavy atom. The Labute approximate surface area is 126 Å². The maximum atomic E-state index is 9.79. The minimum Gasteiger partial charge on any atom is -0.508 e. The molecule has 2 aromatic rings. The molecule has 0 spiro atoms. The van der Waals surface area contributed by atoms with Gasteiger partial charge >= 0.3 is 0 Å². The van der Waals surface area contributed by atoms with E-state index < -0.39 is 0 Å². The smallest absolute Gasteiger partial charge is 0.115 e. The Bertz CT molecular complexity index is 652. The summed E-state index contributed by atoms with van der Waals surface area (Å²) in [6, 6.07) is 10.6. The molecule has 0 fully saturated rings. The SMILES string of the molecule is Cc1cc(C)c(CC2NCCc3ccc(O)cc32)c(C)c1. The Morgan fingerprint density at radius 3 is 2.52 bits per heavy atom. The number of rotatable bonds is 2. The molecule has 2 nitrogen and oxygen atoms in total.